The van der Waals surface area contributed by atoms with Crippen molar-refractivity contribution in [1.82, 2.24) is 0 Å². The molecule has 0 saturated carbocycles. The van der Waals surface area contributed by atoms with Crippen LogP contribution in [0.1, 0.15) is 90.4 Å². The second kappa shape index (κ2) is 14.0. The Balaban J connectivity index is 3.29. The van der Waals surface area contributed by atoms with Crippen molar-refractivity contribution in [2.75, 3.05) is 0 Å². The van der Waals surface area contributed by atoms with Gasteiger partial charge in [0.2, 0.25) is 5.91 Å². The fourth-order valence-electron chi connectivity index (χ4n) is 2.66. The highest BCUT2D eigenvalue weighted by Crippen LogP contribution is 2.17. The number of aliphatic hydroxyl groups is 1. The quantitative estimate of drug-likeness (QED) is 0.320. The van der Waals surface area contributed by atoms with Crippen molar-refractivity contribution >= 4 is 5.91 Å². The van der Waals surface area contributed by atoms with Crippen molar-refractivity contribution in [3.05, 3.63) is 12.3 Å². The number of hydrogen-bond donors (Lipinski definition) is 2. The Kier molecular flexibility index (Phi) is 13.3. The molecular weight excluding hydrogens is 262 g/mol. The van der Waals surface area contributed by atoms with Crippen molar-refractivity contribution in [1.29, 1.82) is 0 Å². The minimum Gasteiger partial charge on any atom is -0.512 e. The standard InChI is InChI=1S/C18H35NO2/c1-3-4-5-6-7-8-9-10-11-12-13-14-15-17(16(2)20)18(19)21/h17,20H,2-15H2,1H3,(H2,19,21). The van der Waals surface area contributed by atoms with Crippen molar-refractivity contribution < 1.29 is 9.90 Å². The Bertz CT molecular complexity index is 262. The molecule has 124 valence electrons. The van der Waals surface area contributed by atoms with Crippen molar-refractivity contribution in [3.8, 4) is 0 Å². The molecule has 1 unspecified atom stereocenters. The molecule has 0 heterocycles. The summed E-state index contributed by atoms with van der Waals surface area (Å²) in [4.78, 5) is 11.1. The van der Waals surface area contributed by atoms with Gasteiger partial charge < -0.3 is 10.8 Å². The van der Waals surface area contributed by atoms with Gasteiger partial charge in [0.05, 0.1) is 11.7 Å². The first-order valence-corrected chi connectivity index (χ1v) is 8.76. The smallest absolute Gasteiger partial charge is 0.228 e. The lowest BCUT2D eigenvalue weighted by Crippen LogP contribution is -2.24. The molecule has 0 aromatic heterocycles. The van der Waals surface area contributed by atoms with Crippen LogP contribution in [0.5, 0.6) is 0 Å². The van der Waals surface area contributed by atoms with Crippen LogP contribution in [0.25, 0.3) is 0 Å². The van der Waals surface area contributed by atoms with Crippen molar-refractivity contribution in [2.45, 2.75) is 90.4 Å². The Morgan fingerprint density at radius 2 is 1.29 bits per heavy atom. The number of carbonyl (C=O) groups is 1. The largest absolute Gasteiger partial charge is 0.512 e. The molecule has 3 N–H and O–H groups in total. The van der Waals surface area contributed by atoms with Crippen LogP contribution in [0.15, 0.2) is 12.3 Å². The third-order valence-corrected chi connectivity index (χ3v) is 4.09. The van der Waals surface area contributed by atoms with E-state index in [0.717, 1.165) is 12.8 Å². The van der Waals surface area contributed by atoms with Crippen LogP contribution in [0.4, 0.5) is 0 Å². The lowest BCUT2D eigenvalue weighted by Gasteiger charge is -2.11. The number of nitrogens with two attached hydrogens (primary N) is 1. The number of unbranched alkanes of at least 4 members (excludes halogenated alkanes) is 11. The molecule has 0 spiro atoms. The first kappa shape index (κ1) is 20.0. The molecule has 3 nitrogen and oxygen atoms in total. The molecule has 0 saturated heterocycles. The number of hydrogen-bond acceptors (Lipinski definition) is 2. The van der Waals surface area contributed by atoms with Gasteiger partial charge in [-0.1, -0.05) is 90.6 Å². The first-order valence-electron chi connectivity index (χ1n) is 8.76. The molecule has 0 radical (unpaired) electrons. The summed E-state index contributed by atoms with van der Waals surface area (Å²) < 4.78 is 0. The number of aliphatic hydroxyl groups excluding tert-OH is 1. The van der Waals surface area contributed by atoms with Crippen LogP contribution in [-0.4, -0.2) is 11.0 Å². The Morgan fingerprint density at radius 3 is 1.62 bits per heavy atom. The lowest BCUT2D eigenvalue weighted by molar-refractivity contribution is -0.121. The van der Waals surface area contributed by atoms with E-state index in [-0.39, 0.29) is 5.76 Å². The average molecular weight is 297 g/mol. The fraction of sp³-hybridized carbons (Fsp3) is 0.833. The Labute approximate surface area is 131 Å². The highest BCUT2D eigenvalue weighted by molar-refractivity contribution is 5.78. The first-order chi connectivity index (χ1) is 10.1. The molecule has 1 amide bonds. The van der Waals surface area contributed by atoms with Crippen LogP contribution in [0.2, 0.25) is 0 Å². The number of primary amides is 1. The van der Waals surface area contributed by atoms with E-state index in [2.05, 4.69) is 13.5 Å². The van der Waals surface area contributed by atoms with E-state index in [1.54, 1.807) is 0 Å². The third kappa shape index (κ3) is 12.5. The van der Waals surface area contributed by atoms with Crippen LogP contribution in [-0.2, 0) is 4.79 Å². The van der Waals surface area contributed by atoms with Crippen LogP contribution < -0.4 is 5.73 Å². The number of amides is 1. The maximum absolute atomic E-state index is 11.1. The third-order valence-electron chi connectivity index (χ3n) is 4.09. The van der Waals surface area contributed by atoms with Gasteiger partial charge in [0.1, 0.15) is 0 Å². The summed E-state index contributed by atoms with van der Waals surface area (Å²) in [5.41, 5.74) is 5.22. The summed E-state index contributed by atoms with van der Waals surface area (Å²) in [6.45, 7) is 5.66. The van der Waals surface area contributed by atoms with E-state index in [1.807, 2.05) is 0 Å². The second-order valence-corrected chi connectivity index (χ2v) is 6.12. The zero-order chi connectivity index (χ0) is 15.9. The van der Waals surface area contributed by atoms with Gasteiger partial charge in [0.15, 0.2) is 0 Å². The van der Waals surface area contributed by atoms with Crippen molar-refractivity contribution in [3.63, 3.8) is 0 Å². The van der Waals surface area contributed by atoms with Gasteiger partial charge in [-0.3, -0.25) is 4.79 Å². The van der Waals surface area contributed by atoms with Gasteiger partial charge in [-0.2, -0.15) is 0 Å². The summed E-state index contributed by atoms with van der Waals surface area (Å²) in [6, 6.07) is 0. The molecule has 0 bridgehead atoms. The average Bonchev–Trinajstić information content (AvgIpc) is 2.43. The van der Waals surface area contributed by atoms with E-state index in [4.69, 9.17) is 5.73 Å². The summed E-state index contributed by atoms with van der Waals surface area (Å²) >= 11 is 0. The molecular formula is C18H35NO2. The molecule has 0 aromatic carbocycles. The molecule has 0 rings (SSSR count). The maximum atomic E-state index is 11.1. The topological polar surface area (TPSA) is 63.3 Å². The van der Waals surface area contributed by atoms with E-state index in [0.29, 0.717) is 6.42 Å². The molecule has 3 heteroatoms. The zero-order valence-electron chi connectivity index (χ0n) is 13.9. The maximum Gasteiger partial charge on any atom is 0.228 e. The summed E-state index contributed by atoms with van der Waals surface area (Å²) in [7, 11) is 0. The summed E-state index contributed by atoms with van der Waals surface area (Å²) in [5.74, 6) is -1.12. The van der Waals surface area contributed by atoms with Gasteiger partial charge in [0, 0.05) is 0 Å². The van der Waals surface area contributed by atoms with E-state index in [9.17, 15) is 9.90 Å². The van der Waals surface area contributed by atoms with Crippen molar-refractivity contribution in [2.24, 2.45) is 11.7 Å². The molecule has 0 aliphatic heterocycles. The molecule has 1 atom stereocenters. The molecule has 21 heavy (non-hydrogen) atoms. The minimum atomic E-state index is -0.562. The molecule has 0 aliphatic rings. The minimum absolute atomic E-state index is 0.0921. The van der Waals surface area contributed by atoms with Gasteiger partial charge in [-0.25, -0.2) is 0 Å². The molecule has 0 aliphatic carbocycles. The van der Waals surface area contributed by atoms with E-state index < -0.39 is 11.8 Å². The predicted molar refractivity (Wildman–Crippen MR) is 90.1 cm³/mol. The van der Waals surface area contributed by atoms with Crippen LogP contribution in [0, 0.1) is 5.92 Å². The van der Waals surface area contributed by atoms with E-state index >= 15 is 0 Å². The predicted octanol–water partition coefficient (Wildman–Crippen LogP) is 5.25. The summed E-state index contributed by atoms with van der Waals surface area (Å²) in [6.07, 6.45) is 16.1. The van der Waals surface area contributed by atoms with E-state index in [1.165, 1.54) is 64.2 Å². The van der Waals surface area contributed by atoms with Gasteiger partial charge >= 0.3 is 0 Å². The summed E-state index contributed by atoms with van der Waals surface area (Å²) in [5, 5.41) is 9.26. The molecule has 0 fully saturated rings. The SMILES string of the molecule is C=C(O)C(CCCCCCCCCCCCCC)C(N)=O. The fourth-order valence-corrected chi connectivity index (χ4v) is 2.66. The van der Waals surface area contributed by atoms with Gasteiger partial charge in [-0.05, 0) is 6.42 Å². The Hall–Kier alpha value is -0.990. The van der Waals surface area contributed by atoms with Gasteiger partial charge in [-0.15, -0.1) is 0 Å². The molecule has 0 aromatic rings. The lowest BCUT2D eigenvalue weighted by atomic mass is 9.98. The highest BCUT2D eigenvalue weighted by Gasteiger charge is 2.17. The highest BCUT2D eigenvalue weighted by atomic mass is 16.3. The monoisotopic (exact) mass is 297 g/mol. The zero-order valence-corrected chi connectivity index (χ0v) is 13.9. The Morgan fingerprint density at radius 1 is 0.905 bits per heavy atom. The van der Waals surface area contributed by atoms with Crippen LogP contribution in [0.3, 0.4) is 0 Å². The normalized spacial score (nSPS) is 12.2. The number of carbonyl (C=O) groups excluding carboxylic acids is 1. The van der Waals surface area contributed by atoms with Gasteiger partial charge in [0.25, 0.3) is 0 Å². The van der Waals surface area contributed by atoms with Crippen LogP contribution >= 0.6 is 0 Å². The number of rotatable bonds is 15. The second-order valence-electron chi connectivity index (χ2n) is 6.12.